The second kappa shape index (κ2) is 17.0. The van der Waals surface area contributed by atoms with E-state index in [1.807, 2.05) is 30.3 Å². The molecule has 0 unspecified atom stereocenters. The van der Waals surface area contributed by atoms with Gasteiger partial charge >= 0.3 is 12.1 Å². The molecule has 228 valence electrons. The van der Waals surface area contributed by atoms with Crippen LogP contribution in [0.5, 0.6) is 11.5 Å². The lowest BCUT2D eigenvalue weighted by atomic mass is 10.1. The standard InChI is InChI=1S/C32H37N3O8/c1-40-27-17-15-24(20-28(27)41-2)30(37)35-26(14-9-19-33-32(39)43-21-22-10-5-4-6-11-22)31(38)34-25-13-8-7-12-23(25)16-18-29(36)42-3/h4-8,10-13,15,17,20,26H,9,14,16,18-19,21H2,1-3H3,(H,33,39)(H,34,38)(H,35,37)/t26-/m0/s1. The van der Waals surface area contributed by atoms with Crippen molar-refractivity contribution >= 4 is 29.6 Å². The lowest BCUT2D eigenvalue weighted by Crippen LogP contribution is -2.44. The van der Waals surface area contributed by atoms with Crippen LogP contribution < -0.4 is 25.4 Å². The number of carbonyl (C=O) groups excluding carboxylic acids is 4. The monoisotopic (exact) mass is 591 g/mol. The number of rotatable bonds is 15. The van der Waals surface area contributed by atoms with Crippen LogP contribution in [0.4, 0.5) is 10.5 Å². The lowest BCUT2D eigenvalue weighted by Gasteiger charge is -2.20. The van der Waals surface area contributed by atoms with Gasteiger partial charge in [-0.2, -0.15) is 0 Å². The topological polar surface area (TPSA) is 141 Å². The van der Waals surface area contributed by atoms with Crippen molar-refractivity contribution in [3.63, 3.8) is 0 Å². The van der Waals surface area contributed by atoms with Gasteiger partial charge in [0.1, 0.15) is 12.6 Å². The first-order valence-corrected chi connectivity index (χ1v) is 13.8. The summed E-state index contributed by atoms with van der Waals surface area (Å²) >= 11 is 0. The Morgan fingerprint density at radius 2 is 1.56 bits per heavy atom. The number of hydrogen-bond acceptors (Lipinski definition) is 8. The van der Waals surface area contributed by atoms with Gasteiger partial charge in [-0.1, -0.05) is 48.5 Å². The third-order valence-corrected chi connectivity index (χ3v) is 6.52. The van der Waals surface area contributed by atoms with Crippen LogP contribution in [0.3, 0.4) is 0 Å². The molecule has 43 heavy (non-hydrogen) atoms. The average molecular weight is 592 g/mol. The van der Waals surface area contributed by atoms with Crippen LogP contribution in [-0.2, 0) is 32.1 Å². The molecule has 3 aromatic rings. The zero-order valence-electron chi connectivity index (χ0n) is 24.5. The molecule has 3 rings (SSSR count). The Balaban J connectivity index is 1.67. The first-order chi connectivity index (χ1) is 20.8. The quantitative estimate of drug-likeness (QED) is 0.176. The van der Waals surface area contributed by atoms with Crippen LogP contribution >= 0.6 is 0 Å². The van der Waals surface area contributed by atoms with E-state index in [1.165, 1.54) is 27.4 Å². The number of hydrogen-bond donors (Lipinski definition) is 3. The summed E-state index contributed by atoms with van der Waals surface area (Å²) in [5.74, 6) is -0.478. The van der Waals surface area contributed by atoms with E-state index in [0.29, 0.717) is 30.0 Å². The SMILES string of the molecule is COC(=O)CCc1ccccc1NC(=O)[C@H](CCCNC(=O)OCc1ccccc1)NC(=O)c1ccc(OC)c(OC)c1. The number of benzene rings is 3. The molecule has 0 fully saturated rings. The van der Waals surface area contributed by atoms with Gasteiger partial charge in [0.25, 0.3) is 5.91 Å². The molecule has 0 aliphatic rings. The highest BCUT2D eigenvalue weighted by Crippen LogP contribution is 2.27. The molecule has 11 nitrogen and oxygen atoms in total. The predicted molar refractivity (Wildman–Crippen MR) is 160 cm³/mol. The number of anilines is 1. The van der Waals surface area contributed by atoms with Crippen LogP contribution in [-0.4, -0.2) is 57.8 Å². The fraction of sp³-hybridized carbons (Fsp3) is 0.312. The Hall–Kier alpha value is -5.06. The van der Waals surface area contributed by atoms with Crippen molar-refractivity contribution in [2.45, 2.75) is 38.3 Å². The number of aryl methyl sites for hydroxylation is 1. The van der Waals surface area contributed by atoms with E-state index in [-0.39, 0.29) is 37.5 Å². The number of esters is 1. The Kier molecular flexibility index (Phi) is 12.8. The highest BCUT2D eigenvalue weighted by Gasteiger charge is 2.23. The molecular formula is C32H37N3O8. The Morgan fingerprint density at radius 1 is 0.837 bits per heavy atom. The number of nitrogens with one attached hydrogen (secondary N) is 3. The molecule has 11 heteroatoms. The van der Waals surface area contributed by atoms with E-state index < -0.39 is 23.9 Å². The largest absolute Gasteiger partial charge is 0.493 e. The van der Waals surface area contributed by atoms with E-state index in [1.54, 1.807) is 36.4 Å². The summed E-state index contributed by atoms with van der Waals surface area (Å²) in [5.41, 5.74) is 2.40. The smallest absolute Gasteiger partial charge is 0.407 e. The number of amides is 3. The third-order valence-electron chi connectivity index (χ3n) is 6.52. The minimum atomic E-state index is -0.948. The van der Waals surface area contributed by atoms with Crippen LogP contribution in [0.25, 0.3) is 0 Å². The summed E-state index contributed by atoms with van der Waals surface area (Å²) in [6.45, 7) is 0.355. The maximum absolute atomic E-state index is 13.5. The Bertz CT molecular complexity index is 1380. The molecular weight excluding hydrogens is 554 g/mol. The van der Waals surface area contributed by atoms with Crippen molar-refractivity contribution in [2.75, 3.05) is 33.2 Å². The molecule has 1 atom stereocenters. The summed E-state index contributed by atoms with van der Waals surface area (Å²) in [7, 11) is 4.28. The van der Waals surface area contributed by atoms with Gasteiger partial charge in [0.05, 0.1) is 21.3 Å². The van der Waals surface area contributed by atoms with Gasteiger partial charge in [0.2, 0.25) is 5.91 Å². The molecule has 0 saturated heterocycles. The maximum Gasteiger partial charge on any atom is 0.407 e. The minimum absolute atomic E-state index is 0.133. The van der Waals surface area contributed by atoms with E-state index >= 15 is 0 Å². The van der Waals surface area contributed by atoms with Crippen LogP contribution in [0, 0.1) is 0 Å². The van der Waals surface area contributed by atoms with Gasteiger partial charge in [-0.25, -0.2) is 4.79 Å². The maximum atomic E-state index is 13.5. The van der Waals surface area contributed by atoms with Crippen molar-refractivity contribution < 1.29 is 38.1 Å². The van der Waals surface area contributed by atoms with Crippen molar-refractivity contribution in [3.05, 3.63) is 89.5 Å². The molecule has 3 aromatic carbocycles. The van der Waals surface area contributed by atoms with E-state index in [9.17, 15) is 19.2 Å². The number of para-hydroxylation sites is 1. The van der Waals surface area contributed by atoms with Gasteiger partial charge in [0, 0.05) is 24.2 Å². The Labute approximate surface area is 250 Å². The molecule has 0 bridgehead atoms. The summed E-state index contributed by atoms with van der Waals surface area (Å²) in [6, 6.07) is 20.1. The van der Waals surface area contributed by atoms with Gasteiger partial charge in [-0.3, -0.25) is 14.4 Å². The van der Waals surface area contributed by atoms with Crippen LogP contribution in [0.2, 0.25) is 0 Å². The number of alkyl carbamates (subject to hydrolysis) is 1. The van der Waals surface area contributed by atoms with Crippen molar-refractivity contribution in [3.8, 4) is 11.5 Å². The fourth-order valence-electron chi connectivity index (χ4n) is 4.18. The fourth-order valence-corrected chi connectivity index (χ4v) is 4.18. The Morgan fingerprint density at radius 3 is 2.28 bits per heavy atom. The second-order valence-electron chi connectivity index (χ2n) is 9.45. The van der Waals surface area contributed by atoms with Crippen molar-refractivity contribution in [2.24, 2.45) is 0 Å². The molecule has 0 aromatic heterocycles. The number of methoxy groups -OCH3 is 3. The van der Waals surface area contributed by atoms with Crippen LogP contribution in [0.1, 0.15) is 40.7 Å². The minimum Gasteiger partial charge on any atom is -0.493 e. The first kappa shape index (κ1) is 32.5. The summed E-state index contributed by atoms with van der Waals surface area (Å²) < 4.78 is 20.5. The molecule has 0 radical (unpaired) electrons. The van der Waals surface area contributed by atoms with E-state index in [2.05, 4.69) is 16.0 Å². The van der Waals surface area contributed by atoms with E-state index in [0.717, 1.165) is 11.1 Å². The highest BCUT2D eigenvalue weighted by atomic mass is 16.5. The van der Waals surface area contributed by atoms with Crippen molar-refractivity contribution in [1.82, 2.24) is 10.6 Å². The molecule has 3 amide bonds. The third kappa shape index (κ3) is 10.4. The normalized spacial score (nSPS) is 11.0. The molecule has 0 saturated carbocycles. The molecule has 0 heterocycles. The molecule has 0 aliphatic carbocycles. The zero-order chi connectivity index (χ0) is 31.0. The lowest BCUT2D eigenvalue weighted by molar-refractivity contribution is -0.140. The summed E-state index contributed by atoms with van der Waals surface area (Å²) in [4.78, 5) is 50.5. The van der Waals surface area contributed by atoms with E-state index in [4.69, 9.17) is 18.9 Å². The molecule has 0 aliphatic heterocycles. The number of carbonyl (C=O) groups is 4. The highest BCUT2D eigenvalue weighted by molar-refractivity contribution is 6.01. The molecule has 3 N–H and O–H groups in total. The average Bonchev–Trinajstić information content (AvgIpc) is 3.04. The van der Waals surface area contributed by atoms with Gasteiger partial charge in [-0.05, 0) is 54.7 Å². The van der Waals surface area contributed by atoms with Gasteiger partial charge < -0.3 is 34.9 Å². The van der Waals surface area contributed by atoms with Crippen LogP contribution in [0.15, 0.2) is 72.8 Å². The van der Waals surface area contributed by atoms with Crippen molar-refractivity contribution in [1.29, 1.82) is 0 Å². The summed E-state index contributed by atoms with van der Waals surface area (Å²) in [6.07, 6.45) is 0.511. The zero-order valence-corrected chi connectivity index (χ0v) is 24.5. The van der Waals surface area contributed by atoms with Gasteiger partial charge in [-0.15, -0.1) is 0 Å². The predicted octanol–water partition coefficient (Wildman–Crippen LogP) is 4.25. The molecule has 0 spiro atoms. The number of ether oxygens (including phenoxy) is 4. The van der Waals surface area contributed by atoms with Gasteiger partial charge in [0.15, 0.2) is 11.5 Å². The second-order valence-corrected chi connectivity index (χ2v) is 9.45. The summed E-state index contributed by atoms with van der Waals surface area (Å²) in [5, 5.41) is 8.34. The first-order valence-electron chi connectivity index (χ1n) is 13.8.